The van der Waals surface area contributed by atoms with Crippen molar-refractivity contribution in [3.63, 3.8) is 0 Å². The van der Waals surface area contributed by atoms with E-state index in [9.17, 15) is 4.79 Å². The Kier molecular flexibility index (Phi) is 6.57. The molecule has 0 amide bonds. The van der Waals surface area contributed by atoms with Crippen molar-refractivity contribution in [3.8, 4) is 0 Å². The van der Waals surface area contributed by atoms with Crippen LogP contribution >= 0.6 is 0 Å². The minimum absolute atomic E-state index is 0.0234. The molecule has 0 bridgehead atoms. The van der Waals surface area contributed by atoms with E-state index in [0.717, 1.165) is 6.42 Å². The van der Waals surface area contributed by atoms with Crippen LogP contribution in [-0.4, -0.2) is 30.3 Å². The van der Waals surface area contributed by atoms with Gasteiger partial charge in [0, 0.05) is 12.0 Å². The van der Waals surface area contributed by atoms with Crippen LogP contribution in [0.2, 0.25) is 0 Å². The number of allylic oxidation sites excluding steroid dienone is 3. The van der Waals surface area contributed by atoms with E-state index >= 15 is 0 Å². The predicted octanol–water partition coefficient (Wildman–Crippen LogP) is 3.14. The van der Waals surface area contributed by atoms with E-state index in [4.69, 9.17) is 15.2 Å². The molecule has 0 saturated carbocycles. The average Bonchev–Trinajstić information content (AvgIpc) is 2.65. The van der Waals surface area contributed by atoms with Crippen molar-refractivity contribution in [2.75, 3.05) is 6.61 Å². The number of carbonyl (C=O) groups excluding carboxylic acids is 1. The molecule has 0 aromatic carbocycles. The number of nitrogens with two attached hydrogens (primary N) is 1. The molecule has 1 rings (SSSR count). The van der Waals surface area contributed by atoms with Gasteiger partial charge in [-0.2, -0.15) is 0 Å². The zero-order valence-electron chi connectivity index (χ0n) is 14.4. The van der Waals surface area contributed by atoms with Crippen LogP contribution in [0.5, 0.6) is 0 Å². The molecule has 2 N–H and O–H groups in total. The Morgan fingerprint density at radius 1 is 1.50 bits per heavy atom. The third kappa shape index (κ3) is 5.43. The summed E-state index contributed by atoms with van der Waals surface area (Å²) in [5.74, 6) is -0.246. The quantitative estimate of drug-likeness (QED) is 0.605. The van der Waals surface area contributed by atoms with Gasteiger partial charge < -0.3 is 15.2 Å². The number of hydrogen-bond donors (Lipinski definition) is 1. The molecule has 124 valence electrons. The molecule has 0 aromatic rings. The van der Waals surface area contributed by atoms with Crippen molar-refractivity contribution in [2.45, 2.75) is 58.8 Å². The first-order valence-corrected chi connectivity index (χ1v) is 7.74. The lowest BCUT2D eigenvalue weighted by Crippen LogP contribution is -2.35. The van der Waals surface area contributed by atoms with Crippen molar-refractivity contribution in [1.82, 2.24) is 0 Å². The molecular formula is C18H29NO3. The topological polar surface area (TPSA) is 61.5 Å². The number of ether oxygens (including phenoxy) is 2. The molecule has 2 unspecified atom stereocenters. The Labute approximate surface area is 134 Å². The normalized spacial score (nSPS) is 23.9. The maximum atomic E-state index is 11.9. The molecule has 1 aliphatic rings. The minimum Gasteiger partial charge on any atom is -0.458 e. The lowest BCUT2D eigenvalue weighted by molar-refractivity contribution is -0.168. The van der Waals surface area contributed by atoms with Gasteiger partial charge in [0.15, 0.2) is 6.10 Å². The van der Waals surface area contributed by atoms with Crippen molar-refractivity contribution in [3.05, 3.63) is 36.0 Å². The van der Waals surface area contributed by atoms with Gasteiger partial charge in [0.2, 0.25) is 0 Å². The van der Waals surface area contributed by atoms with E-state index in [0.29, 0.717) is 6.61 Å². The molecule has 22 heavy (non-hydrogen) atoms. The maximum Gasteiger partial charge on any atom is 0.335 e. The molecule has 0 aromatic heterocycles. The summed E-state index contributed by atoms with van der Waals surface area (Å²) in [5, 5.41) is 0. The Balaban J connectivity index is 2.64. The van der Waals surface area contributed by atoms with Crippen LogP contribution in [0.3, 0.4) is 0 Å². The maximum absolute atomic E-state index is 11.9. The zero-order chi connectivity index (χ0) is 16.9. The second-order valence-corrected chi connectivity index (χ2v) is 6.81. The summed E-state index contributed by atoms with van der Waals surface area (Å²) < 4.78 is 11.0. The van der Waals surface area contributed by atoms with Gasteiger partial charge in [0.25, 0.3) is 0 Å². The second kappa shape index (κ2) is 7.75. The minimum atomic E-state index is -0.600. The van der Waals surface area contributed by atoms with Gasteiger partial charge in [0.05, 0.1) is 6.61 Å². The summed E-state index contributed by atoms with van der Waals surface area (Å²) >= 11 is 0. The molecule has 0 heterocycles. The lowest BCUT2D eigenvalue weighted by Gasteiger charge is -2.24. The molecule has 0 spiro atoms. The summed E-state index contributed by atoms with van der Waals surface area (Å²) in [6.45, 7) is 13.4. The Hall–Kier alpha value is -1.39. The SMILES string of the molecule is C=C/C=C\C1=C(C)CC(N)[C@@H]1COC(C)C(=O)OC(C)(C)C. The molecule has 3 atom stereocenters. The van der Waals surface area contributed by atoms with E-state index in [1.165, 1.54) is 11.1 Å². The van der Waals surface area contributed by atoms with E-state index in [-0.39, 0.29) is 17.9 Å². The van der Waals surface area contributed by atoms with Crippen LogP contribution in [-0.2, 0) is 14.3 Å². The van der Waals surface area contributed by atoms with Crippen molar-refractivity contribution in [1.29, 1.82) is 0 Å². The standard InChI is InChI=1S/C18H29NO3/c1-7-8-9-14-12(2)10-16(19)15(14)11-21-13(3)17(20)22-18(4,5)6/h7-9,13,15-16H,1,10-11,19H2,2-6H3/b9-8-/t13?,15-,16?/m1/s1. The monoisotopic (exact) mass is 307 g/mol. The molecule has 4 heteroatoms. The van der Waals surface area contributed by atoms with E-state index in [2.05, 4.69) is 13.5 Å². The van der Waals surface area contributed by atoms with Gasteiger partial charge in [-0.05, 0) is 46.6 Å². The fraction of sp³-hybridized carbons (Fsp3) is 0.611. The average molecular weight is 307 g/mol. The van der Waals surface area contributed by atoms with Crippen molar-refractivity contribution >= 4 is 5.97 Å². The predicted molar refractivity (Wildman–Crippen MR) is 89.4 cm³/mol. The van der Waals surface area contributed by atoms with Crippen molar-refractivity contribution < 1.29 is 14.3 Å². The molecule has 4 nitrogen and oxygen atoms in total. The fourth-order valence-electron chi connectivity index (χ4n) is 2.51. The van der Waals surface area contributed by atoms with Gasteiger partial charge in [0.1, 0.15) is 5.60 Å². The largest absolute Gasteiger partial charge is 0.458 e. The first-order valence-electron chi connectivity index (χ1n) is 7.74. The highest BCUT2D eigenvalue weighted by molar-refractivity contribution is 5.74. The first kappa shape index (κ1) is 18.7. The number of rotatable bonds is 6. The summed E-state index contributed by atoms with van der Waals surface area (Å²) in [7, 11) is 0. The molecule has 0 aliphatic heterocycles. The van der Waals surface area contributed by atoms with Crippen LogP contribution in [0, 0.1) is 5.92 Å². The first-order chi connectivity index (χ1) is 10.2. The van der Waals surface area contributed by atoms with Gasteiger partial charge in [-0.1, -0.05) is 30.4 Å². The zero-order valence-corrected chi connectivity index (χ0v) is 14.4. The number of carbonyl (C=O) groups is 1. The van der Waals surface area contributed by atoms with Gasteiger partial charge in [-0.3, -0.25) is 0 Å². The lowest BCUT2D eigenvalue weighted by atomic mass is 9.98. The Bertz CT molecular complexity index is 471. The number of esters is 1. The van der Waals surface area contributed by atoms with Crippen LogP contribution in [0.1, 0.15) is 41.0 Å². The van der Waals surface area contributed by atoms with E-state index in [1.54, 1.807) is 13.0 Å². The van der Waals surface area contributed by atoms with E-state index in [1.807, 2.05) is 32.9 Å². The van der Waals surface area contributed by atoms with E-state index < -0.39 is 11.7 Å². The van der Waals surface area contributed by atoms with Crippen LogP contribution in [0.25, 0.3) is 0 Å². The second-order valence-electron chi connectivity index (χ2n) is 6.81. The molecule has 1 aliphatic carbocycles. The molecule has 0 saturated heterocycles. The Morgan fingerprint density at radius 3 is 2.68 bits per heavy atom. The smallest absolute Gasteiger partial charge is 0.335 e. The third-order valence-corrected chi connectivity index (χ3v) is 3.63. The van der Waals surface area contributed by atoms with Crippen LogP contribution < -0.4 is 5.73 Å². The van der Waals surface area contributed by atoms with Gasteiger partial charge >= 0.3 is 5.97 Å². The summed E-state index contributed by atoms with van der Waals surface area (Å²) in [4.78, 5) is 11.9. The summed E-state index contributed by atoms with van der Waals surface area (Å²) in [6, 6.07) is 0.0234. The summed E-state index contributed by atoms with van der Waals surface area (Å²) in [5.41, 5.74) is 8.14. The summed E-state index contributed by atoms with van der Waals surface area (Å²) in [6.07, 6.45) is 5.93. The fourth-order valence-corrected chi connectivity index (χ4v) is 2.51. The van der Waals surface area contributed by atoms with Gasteiger partial charge in [-0.25, -0.2) is 4.79 Å². The molecular weight excluding hydrogens is 278 g/mol. The molecule has 0 fully saturated rings. The third-order valence-electron chi connectivity index (χ3n) is 3.63. The highest BCUT2D eigenvalue weighted by Gasteiger charge is 2.31. The van der Waals surface area contributed by atoms with Crippen LogP contribution in [0.15, 0.2) is 36.0 Å². The highest BCUT2D eigenvalue weighted by Crippen LogP contribution is 2.32. The van der Waals surface area contributed by atoms with Crippen molar-refractivity contribution in [2.24, 2.45) is 11.7 Å². The Morgan fingerprint density at radius 2 is 2.14 bits per heavy atom. The number of hydrogen-bond acceptors (Lipinski definition) is 4. The van der Waals surface area contributed by atoms with Crippen LogP contribution in [0.4, 0.5) is 0 Å². The van der Waals surface area contributed by atoms with Gasteiger partial charge in [-0.15, -0.1) is 0 Å². The highest BCUT2D eigenvalue weighted by atomic mass is 16.6. The molecule has 0 radical (unpaired) electrons.